The zero-order valence-corrected chi connectivity index (χ0v) is 17.3. The molecule has 4 rings (SSSR count). The number of benzene rings is 1. The van der Waals surface area contributed by atoms with E-state index in [0.29, 0.717) is 15.7 Å². The van der Waals surface area contributed by atoms with Crippen molar-refractivity contribution in [2.45, 2.75) is 28.8 Å². The second kappa shape index (κ2) is 6.52. The van der Waals surface area contributed by atoms with E-state index in [-0.39, 0.29) is 6.04 Å². The third kappa shape index (κ3) is 3.40. The summed E-state index contributed by atoms with van der Waals surface area (Å²) >= 11 is 7.91. The maximum atomic E-state index is 12.4. The van der Waals surface area contributed by atoms with Gasteiger partial charge in [0.2, 0.25) is 0 Å². The summed E-state index contributed by atoms with van der Waals surface area (Å²) in [6, 6.07) is 5.86. The fourth-order valence-electron chi connectivity index (χ4n) is 3.49. The SMILES string of the molecule is CP(C)(=O)c1cccc(Sc2cnc(N3C[C@@H](N)C4(CC4)C3)cn2)c1Cl. The van der Waals surface area contributed by atoms with Crippen LogP contribution in [0.4, 0.5) is 5.82 Å². The number of nitrogens with zero attached hydrogens (tertiary/aromatic N) is 3. The number of halogens is 1. The van der Waals surface area contributed by atoms with Gasteiger partial charge in [-0.1, -0.05) is 29.4 Å². The van der Waals surface area contributed by atoms with Gasteiger partial charge in [0.05, 0.1) is 17.4 Å². The molecule has 1 aliphatic heterocycles. The van der Waals surface area contributed by atoms with Crippen LogP contribution in [0.1, 0.15) is 12.8 Å². The number of aromatic nitrogens is 2. The van der Waals surface area contributed by atoms with Crippen LogP contribution >= 0.6 is 30.5 Å². The molecule has 1 saturated carbocycles. The van der Waals surface area contributed by atoms with Gasteiger partial charge in [0, 0.05) is 34.7 Å². The Balaban J connectivity index is 1.51. The molecule has 2 N–H and O–H groups in total. The van der Waals surface area contributed by atoms with Crippen molar-refractivity contribution in [2.24, 2.45) is 11.1 Å². The highest BCUT2D eigenvalue weighted by Gasteiger charge is 2.53. The van der Waals surface area contributed by atoms with Crippen LogP contribution in [0.25, 0.3) is 0 Å². The van der Waals surface area contributed by atoms with Crippen LogP contribution < -0.4 is 15.9 Å². The average molecular weight is 409 g/mol. The minimum Gasteiger partial charge on any atom is -0.353 e. The molecule has 0 radical (unpaired) electrons. The largest absolute Gasteiger partial charge is 0.353 e. The molecular weight excluding hydrogens is 387 g/mol. The van der Waals surface area contributed by atoms with Gasteiger partial charge in [-0.2, -0.15) is 0 Å². The predicted octanol–water partition coefficient (Wildman–Crippen LogP) is 3.46. The molecular formula is C18H22ClN4OPS. The molecule has 1 aromatic carbocycles. The first-order chi connectivity index (χ1) is 12.3. The first-order valence-electron chi connectivity index (χ1n) is 8.63. The highest BCUT2D eigenvalue weighted by Crippen LogP contribution is 2.52. The molecule has 0 unspecified atom stereocenters. The molecule has 26 heavy (non-hydrogen) atoms. The van der Waals surface area contributed by atoms with Crippen LogP contribution in [0.2, 0.25) is 5.02 Å². The van der Waals surface area contributed by atoms with Gasteiger partial charge in [0.15, 0.2) is 0 Å². The monoisotopic (exact) mass is 408 g/mol. The Morgan fingerprint density at radius 3 is 2.65 bits per heavy atom. The summed E-state index contributed by atoms with van der Waals surface area (Å²) in [5, 5.41) is 2.01. The lowest BCUT2D eigenvalue weighted by molar-refractivity contribution is 0.499. The Morgan fingerprint density at radius 2 is 2.08 bits per heavy atom. The van der Waals surface area contributed by atoms with Crippen LogP contribution in [0.3, 0.4) is 0 Å². The lowest BCUT2D eigenvalue weighted by Crippen LogP contribution is -2.30. The van der Waals surface area contributed by atoms with E-state index >= 15 is 0 Å². The van der Waals surface area contributed by atoms with Crippen LogP contribution in [-0.2, 0) is 4.57 Å². The van der Waals surface area contributed by atoms with E-state index in [1.807, 2.05) is 18.2 Å². The van der Waals surface area contributed by atoms with Gasteiger partial charge < -0.3 is 15.2 Å². The van der Waals surface area contributed by atoms with Gasteiger partial charge in [-0.05, 0) is 38.3 Å². The van der Waals surface area contributed by atoms with Crippen molar-refractivity contribution in [3.63, 3.8) is 0 Å². The molecule has 1 saturated heterocycles. The molecule has 2 aliphatic rings. The lowest BCUT2D eigenvalue weighted by Gasteiger charge is -2.17. The molecule has 2 fully saturated rings. The van der Waals surface area contributed by atoms with Gasteiger partial charge in [-0.3, -0.25) is 0 Å². The van der Waals surface area contributed by atoms with E-state index in [0.717, 1.165) is 28.8 Å². The van der Waals surface area contributed by atoms with Crippen molar-refractivity contribution in [3.8, 4) is 0 Å². The van der Waals surface area contributed by atoms with E-state index in [9.17, 15) is 4.57 Å². The fourth-order valence-corrected chi connectivity index (χ4v) is 6.24. The zero-order valence-electron chi connectivity index (χ0n) is 14.9. The highest BCUT2D eigenvalue weighted by atomic mass is 35.5. The maximum absolute atomic E-state index is 12.4. The number of nitrogens with two attached hydrogens (primary N) is 1. The van der Waals surface area contributed by atoms with Crippen LogP contribution in [0.5, 0.6) is 0 Å². The quantitative estimate of drug-likeness (QED) is 0.781. The van der Waals surface area contributed by atoms with Gasteiger partial charge in [-0.15, -0.1) is 0 Å². The molecule has 8 heteroatoms. The van der Waals surface area contributed by atoms with Crippen molar-refractivity contribution in [2.75, 3.05) is 31.3 Å². The van der Waals surface area contributed by atoms with Gasteiger partial charge in [-0.25, -0.2) is 9.97 Å². The smallest absolute Gasteiger partial charge is 0.147 e. The van der Waals surface area contributed by atoms with E-state index in [1.165, 1.54) is 24.6 Å². The summed E-state index contributed by atoms with van der Waals surface area (Å²) in [5.41, 5.74) is 6.59. The first-order valence-corrected chi connectivity index (χ1v) is 12.4. The lowest BCUT2D eigenvalue weighted by atomic mass is 10.0. The van der Waals surface area contributed by atoms with Crippen molar-refractivity contribution in [1.29, 1.82) is 0 Å². The van der Waals surface area contributed by atoms with E-state index in [4.69, 9.17) is 17.3 Å². The van der Waals surface area contributed by atoms with E-state index < -0.39 is 7.14 Å². The Bertz CT molecular complexity index is 881. The van der Waals surface area contributed by atoms with Gasteiger partial charge in [0.1, 0.15) is 18.0 Å². The van der Waals surface area contributed by atoms with Crippen molar-refractivity contribution < 1.29 is 4.57 Å². The molecule has 2 heterocycles. The number of hydrogen-bond donors (Lipinski definition) is 1. The van der Waals surface area contributed by atoms with Gasteiger partial charge in [0.25, 0.3) is 0 Å². The summed E-state index contributed by atoms with van der Waals surface area (Å²) in [7, 11) is -2.42. The highest BCUT2D eigenvalue weighted by molar-refractivity contribution is 7.99. The minimum absolute atomic E-state index is 0.235. The Labute approximate surface area is 163 Å². The van der Waals surface area contributed by atoms with E-state index in [2.05, 4.69) is 14.9 Å². The second-order valence-corrected chi connectivity index (χ2v) is 12.2. The summed E-state index contributed by atoms with van der Waals surface area (Å²) in [4.78, 5) is 12.2. The average Bonchev–Trinajstić information content (AvgIpc) is 3.29. The van der Waals surface area contributed by atoms with Crippen molar-refractivity contribution in [3.05, 3.63) is 35.6 Å². The molecule has 1 aromatic heterocycles. The molecule has 1 spiro atoms. The van der Waals surface area contributed by atoms with E-state index in [1.54, 1.807) is 25.7 Å². The fraction of sp³-hybridized carbons (Fsp3) is 0.444. The van der Waals surface area contributed by atoms with Crippen LogP contribution in [0, 0.1) is 5.41 Å². The zero-order chi connectivity index (χ0) is 18.5. The summed E-state index contributed by atoms with van der Waals surface area (Å²) in [6.07, 6.45) is 6.02. The Morgan fingerprint density at radius 1 is 1.31 bits per heavy atom. The number of hydrogen-bond acceptors (Lipinski definition) is 6. The van der Waals surface area contributed by atoms with Crippen molar-refractivity contribution >= 4 is 41.6 Å². The van der Waals surface area contributed by atoms with Gasteiger partial charge >= 0.3 is 0 Å². The minimum atomic E-state index is -2.42. The molecule has 138 valence electrons. The van der Waals surface area contributed by atoms with Crippen LogP contribution in [-0.4, -0.2) is 42.4 Å². The van der Waals surface area contributed by atoms with Crippen molar-refractivity contribution in [1.82, 2.24) is 9.97 Å². The summed E-state index contributed by atoms with van der Waals surface area (Å²) < 4.78 is 12.4. The number of rotatable bonds is 4. The standard InChI is InChI=1S/C18H22ClN4OPS/c1-25(2,24)12-4-3-5-13(17(12)19)26-16-9-21-15(8-22-16)23-10-14(20)18(11-23)6-7-18/h3-5,8-9,14H,6-7,10-11,20H2,1-2H3/t14-/m1/s1. The second-order valence-electron chi connectivity index (χ2n) is 7.60. The molecule has 2 aromatic rings. The Hall–Kier alpha value is -1.07. The summed E-state index contributed by atoms with van der Waals surface area (Å²) in [5.74, 6) is 0.875. The molecule has 1 atom stereocenters. The molecule has 0 amide bonds. The summed E-state index contributed by atoms with van der Waals surface area (Å²) in [6.45, 7) is 5.28. The Kier molecular flexibility index (Phi) is 4.59. The molecule has 0 bridgehead atoms. The first kappa shape index (κ1) is 18.3. The maximum Gasteiger partial charge on any atom is 0.147 e. The van der Waals surface area contributed by atoms with Crippen LogP contribution in [0.15, 0.2) is 40.5 Å². The number of anilines is 1. The third-order valence-corrected chi connectivity index (χ3v) is 8.44. The normalized spacial score (nSPS) is 21.4. The molecule has 5 nitrogen and oxygen atoms in total. The molecule has 1 aliphatic carbocycles. The third-order valence-electron chi connectivity index (χ3n) is 5.28. The topological polar surface area (TPSA) is 72.1 Å². The predicted molar refractivity (Wildman–Crippen MR) is 109 cm³/mol.